The summed E-state index contributed by atoms with van der Waals surface area (Å²) in [7, 11) is 0. The van der Waals surface area contributed by atoms with Gasteiger partial charge in [0.05, 0.1) is 11.1 Å². The summed E-state index contributed by atoms with van der Waals surface area (Å²) in [5, 5.41) is 2.60. The molecule has 1 nitrogen and oxygen atoms in total. The highest BCUT2D eigenvalue weighted by Crippen LogP contribution is 2.63. The van der Waals surface area contributed by atoms with Crippen molar-refractivity contribution in [3.8, 4) is 44.5 Å². The highest BCUT2D eigenvalue weighted by molar-refractivity contribution is 7.25. The van der Waals surface area contributed by atoms with Crippen LogP contribution in [0.1, 0.15) is 22.3 Å². The van der Waals surface area contributed by atoms with Crippen LogP contribution in [0.5, 0.6) is 0 Å². The summed E-state index contributed by atoms with van der Waals surface area (Å²) < 4.78 is 2.62. The molecule has 12 rings (SSSR count). The van der Waals surface area contributed by atoms with Crippen molar-refractivity contribution in [2.24, 2.45) is 0 Å². The first-order chi connectivity index (χ1) is 28.3. The molecule has 0 fully saturated rings. The summed E-state index contributed by atoms with van der Waals surface area (Å²) in [4.78, 5) is 2.49. The van der Waals surface area contributed by atoms with Crippen molar-refractivity contribution in [2.75, 3.05) is 4.90 Å². The number of para-hydroxylation sites is 1. The van der Waals surface area contributed by atoms with Gasteiger partial charge in [0.25, 0.3) is 0 Å². The Labute approximate surface area is 336 Å². The van der Waals surface area contributed by atoms with E-state index in [4.69, 9.17) is 0 Å². The van der Waals surface area contributed by atoms with Crippen LogP contribution in [0.15, 0.2) is 212 Å². The number of hydrogen-bond acceptors (Lipinski definition) is 2. The zero-order valence-corrected chi connectivity index (χ0v) is 31.9. The van der Waals surface area contributed by atoms with Gasteiger partial charge in [0.15, 0.2) is 0 Å². The van der Waals surface area contributed by atoms with Crippen molar-refractivity contribution < 1.29 is 0 Å². The highest BCUT2D eigenvalue weighted by atomic mass is 32.1. The van der Waals surface area contributed by atoms with Crippen LogP contribution in [0.4, 0.5) is 17.1 Å². The van der Waals surface area contributed by atoms with Crippen molar-refractivity contribution in [3.05, 3.63) is 235 Å². The molecule has 0 saturated heterocycles. The molecule has 0 N–H and O–H groups in total. The second kappa shape index (κ2) is 12.5. The molecular formula is C55H35NS. The SMILES string of the molecule is c1ccc(-c2cccc(N(c3ccccc3)c3ccc4c(c3)C3(c5ccccc5-c5ccccc53)c3ccccc3-4)c2-c2ccc3sc4ccccc4c3c2)cc1. The van der Waals surface area contributed by atoms with Crippen LogP contribution >= 0.6 is 11.3 Å². The maximum Gasteiger partial charge on any atom is 0.0726 e. The van der Waals surface area contributed by atoms with Crippen molar-refractivity contribution in [2.45, 2.75) is 5.41 Å². The normalized spacial score (nSPS) is 13.1. The fourth-order valence-corrected chi connectivity index (χ4v) is 11.1. The molecule has 2 aliphatic rings. The van der Waals surface area contributed by atoms with Crippen molar-refractivity contribution in [3.63, 3.8) is 0 Å². The van der Waals surface area contributed by atoms with Gasteiger partial charge in [0, 0.05) is 37.1 Å². The molecule has 1 spiro atoms. The monoisotopic (exact) mass is 741 g/mol. The van der Waals surface area contributed by atoms with Crippen LogP contribution in [0.3, 0.4) is 0 Å². The van der Waals surface area contributed by atoms with E-state index in [-0.39, 0.29) is 0 Å². The van der Waals surface area contributed by atoms with E-state index in [1.807, 2.05) is 11.3 Å². The van der Waals surface area contributed by atoms with Gasteiger partial charge in [-0.05, 0) is 110 Å². The van der Waals surface area contributed by atoms with E-state index < -0.39 is 5.41 Å². The van der Waals surface area contributed by atoms with Crippen LogP contribution in [-0.2, 0) is 5.41 Å². The second-order valence-corrected chi connectivity index (χ2v) is 16.2. The fourth-order valence-electron chi connectivity index (χ4n) is 10.00. The Balaban J connectivity index is 1.15. The van der Waals surface area contributed by atoms with Crippen LogP contribution in [0.25, 0.3) is 64.7 Å². The largest absolute Gasteiger partial charge is 0.310 e. The van der Waals surface area contributed by atoms with Crippen LogP contribution in [0.2, 0.25) is 0 Å². The minimum Gasteiger partial charge on any atom is -0.310 e. The molecule has 57 heavy (non-hydrogen) atoms. The van der Waals surface area contributed by atoms with Crippen molar-refractivity contribution in [1.82, 2.24) is 0 Å². The summed E-state index contributed by atoms with van der Waals surface area (Å²) in [6.07, 6.45) is 0. The van der Waals surface area contributed by atoms with Gasteiger partial charge in [-0.2, -0.15) is 0 Å². The maximum atomic E-state index is 2.50. The van der Waals surface area contributed by atoms with Gasteiger partial charge >= 0.3 is 0 Å². The number of thiophene rings is 1. The average Bonchev–Trinajstić information content (AvgIpc) is 3.91. The standard InChI is InChI=1S/C55H35NS/c1-3-16-36(17-4-1)40-24-15-28-51(54(40)37-30-33-53-46(34-37)45-23-10-14-29-52(45)57-53)56(38-18-5-2-6-19-38)39-31-32-44-43-22-9-13-27-49(43)55(50(44)35-39)47-25-11-7-20-41(47)42-21-8-12-26-48(42)55/h1-35H. The number of nitrogens with zero attached hydrogens (tertiary/aromatic N) is 1. The zero-order valence-electron chi connectivity index (χ0n) is 31.1. The minimum atomic E-state index is -0.433. The number of benzene rings is 9. The van der Waals surface area contributed by atoms with Crippen LogP contribution in [0, 0.1) is 0 Å². The lowest BCUT2D eigenvalue weighted by Crippen LogP contribution is -2.26. The quantitative estimate of drug-likeness (QED) is 0.170. The fraction of sp³-hybridized carbons (Fsp3) is 0.0182. The molecule has 0 saturated carbocycles. The Morgan fingerprint density at radius 2 is 0.895 bits per heavy atom. The third kappa shape index (κ3) is 4.62. The van der Waals surface area contributed by atoms with Crippen molar-refractivity contribution >= 4 is 48.6 Å². The van der Waals surface area contributed by atoms with Gasteiger partial charge < -0.3 is 4.90 Å². The molecule has 1 aromatic heterocycles. The molecule has 9 aromatic carbocycles. The van der Waals surface area contributed by atoms with Gasteiger partial charge in [-0.1, -0.05) is 164 Å². The maximum absolute atomic E-state index is 2.50. The third-order valence-electron chi connectivity index (χ3n) is 12.3. The Hall–Kier alpha value is -7.00. The Morgan fingerprint density at radius 3 is 1.60 bits per heavy atom. The molecule has 0 aliphatic heterocycles. The van der Waals surface area contributed by atoms with Crippen molar-refractivity contribution in [1.29, 1.82) is 0 Å². The summed E-state index contributed by atoms with van der Waals surface area (Å²) in [6, 6.07) is 78.8. The van der Waals surface area contributed by atoms with Crippen LogP contribution < -0.4 is 4.90 Å². The smallest absolute Gasteiger partial charge is 0.0726 e. The topological polar surface area (TPSA) is 3.24 Å². The van der Waals surface area contributed by atoms with Gasteiger partial charge in [0.2, 0.25) is 0 Å². The molecule has 0 radical (unpaired) electrons. The van der Waals surface area contributed by atoms with Gasteiger partial charge in [0.1, 0.15) is 0 Å². The Kier molecular flexibility index (Phi) is 7.08. The molecule has 0 amide bonds. The van der Waals surface area contributed by atoms with Gasteiger partial charge in [-0.25, -0.2) is 0 Å². The summed E-state index contributed by atoms with van der Waals surface area (Å²) in [5.41, 5.74) is 18.4. The highest BCUT2D eigenvalue weighted by Gasteiger charge is 2.51. The summed E-state index contributed by atoms with van der Waals surface area (Å²) in [6.45, 7) is 0. The number of rotatable bonds is 5. The molecule has 0 bridgehead atoms. The predicted molar refractivity (Wildman–Crippen MR) is 241 cm³/mol. The molecule has 10 aromatic rings. The van der Waals surface area contributed by atoms with E-state index in [2.05, 4.69) is 217 Å². The van der Waals surface area contributed by atoms with E-state index in [0.717, 1.165) is 17.1 Å². The van der Waals surface area contributed by atoms with E-state index in [9.17, 15) is 0 Å². The molecule has 0 atom stereocenters. The number of fused-ring (bicyclic) bond motifs is 13. The summed E-state index contributed by atoms with van der Waals surface area (Å²) >= 11 is 1.87. The Morgan fingerprint density at radius 1 is 0.333 bits per heavy atom. The second-order valence-electron chi connectivity index (χ2n) is 15.2. The molecule has 0 unspecified atom stereocenters. The molecule has 1 heterocycles. The molecular weight excluding hydrogens is 707 g/mol. The lowest BCUT2D eigenvalue weighted by molar-refractivity contribution is 0.793. The molecule has 2 aliphatic carbocycles. The lowest BCUT2D eigenvalue weighted by atomic mass is 9.70. The zero-order chi connectivity index (χ0) is 37.5. The third-order valence-corrected chi connectivity index (χ3v) is 13.4. The van der Waals surface area contributed by atoms with Crippen LogP contribution in [-0.4, -0.2) is 0 Å². The van der Waals surface area contributed by atoms with Gasteiger partial charge in [-0.15, -0.1) is 11.3 Å². The van der Waals surface area contributed by atoms with E-state index in [1.54, 1.807) is 0 Å². The first-order valence-corrected chi connectivity index (χ1v) is 20.5. The Bertz CT molecular complexity index is 3130. The molecule has 266 valence electrons. The van der Waals surface area contributed by atoms with E-state index in [1.165, 1.54) is 86.9 Å². The average molecular weight is 742 g/mol. The van der Waals surface area contributed by atoms with E-state index >= 15 is 0 Å². The molecule has 2 heteroatoms. The van der Waals surface area contributed by atoms with Gasteiger partial charge in [-0.3, -0.25) is 0 Å². The van der Waals surface area contributed by atoms with E-state index in [0.29, 0.717) is 0 Å². The number of anilines is 3. The first-order valence-electron chi connectivity index (χ1n) is 19.7. The number of hydrogen-bond donors (Lipinski definition) is 0. The summed E-state index contributed by atoms with van der Waals surface area (Å²) in [5.74, 6) is 0. The predicted octanol–water partition coefficient (Wildman–Crippen LogP) is 15.2. The minimum absolute atomic E-state index is 0.433. The first kappa shape index (κ1) is 32.3. The lowest BCUT2D eigenvalue weighted by Gasteiger charge is -2.33.